The molecule has 0 N–H and O–H groups in total. The van der Waals surface area contributed by atoms with Gasteiger partial charge in [-0.15, -0.1) is 0 Å². The highest BCUT2D eigenvalue weighted by atomic mass is 16.6. The molecule has 26 heavy (non-hydrogen) atoms. The van der Waals surface area contributed by atoms with Crippen molar-refractivity contribution in [3.8, 4) is 11.8 Å². The summed E-state index contributed by atoms with van der Waals surface area (Å²) in [6, 6.07) is 17.8. The van der Waals surface area contributed by atoms with Crippen molar-refractivity contribution in [3.05, 3.63) is 65.2 Å². The minimum absolute atomic E-state index is 0.171. The summed E-state index contributed by atoms with van der Waals surface area (Å²) in [5, 5.41) is 13.5. The number of fused-ring (bicyclic) bond motifs is 2. The fraction of sp³-hybridized carbons (Fsp3) is 0.333. The lowest BCUT2D eigenvalue weighted by Crippen LogP contribution is -2.28. The van der Waals surface area contributed by atoms with Crippen molar-refractivity contribution >= 4 is 5.71 Å². The van der Waals surface area contributed by atoms with Gasteiger partial charge < -0.3 is 14.5 Å². The molecule has 1 aliphatic carbocycles. The average molecular weight is 347 g/mol. The van der Waals surface area contributed by atoms with Crippen molar-refractivity contribution < 1.29 is 9.57 Å². The van der Waals surface area contributed by atoms with Crippen molar-refractivity contribution in [2.75, 3.05) is 27.2 Å². The van der Waals surface area contributed by atoms with Gasteiger partial charge in [-0.2, -0.15) is 5.26 Å². The third-order valence-electron chi connectivity index (χ3n) is 4.99. The Morgan fingerprint density at radius 1 is 1.23 bits per heavy atom. The first-order valence-corrected chi connectivity index (χ1v) is 8.78. The van der Waals surface area contributed by atoms with Crippen LogP contribution < -0.4 is 4.74 Å². The molecule has 2 atom stereocenters. The third-order valence-corrected chi connectivity index (χ3v) is 4.99. The number of benzene rings is 2. The van der Waals surface area contributed by atoms with Gasteiger partial charge in [-0.3, -0.25) is 0 Å². The Morgan fingerprint density at radius 2 is 2.00 bits per heavy atom. The van der Waals surface area contributed by atoms with Gasteiger partial charge in [-0.05, 0) is 43.9 Å². The van der Waals surface area contributed by atoms with Crippen molar-refractivity contribution in [1.29, 1.82) is 5.26 Å². The quantitative estimate of drug-likeness (QED) is 0.616. The molecule has 132 valence electrons. The predicted molar refractivity (Wildman–Crippen MR) is 99.1 cm³/mol. The molecular formula is C21H21N3O2. The number of hydrogen-bond acceptors (Lipinski definition) is 5. The summed E-state index contributed by atoms with van der Waals surface area (Å²) in [6.45, 7) is 1.37. The molecule has 2 aromatic carbocycles. The van der Waals surface area contributed by atoms with Crippen LogP contribution in [0.2, 0.25) is 0 Å². The molecule has 0 aromatic heterocycles. The van der Waals surface area contributed by atoms with E-state index in [0.29, 0.717) is 12.2 Å². The van der Waals surface area contributed by atoms with Crippen LogP contribution in [0.15, 0.2) is 53.7 Å². The van der Waals surface area contributed by atoms with Crippen molar-refractivity contribution in [2.45, 2.75) is 12.0 Å². The Balaban J connectivity index is 1.65. The second kappa shape index (κ2) is 6.47. The number of hydrogen-bond donors (Lipinski definition) is 0. The van der Waals surface area contributed by atoms with Crippen LogP contribution in [0.4, 0.5) is 0 Å². The molecule has 2 aromatic rings. The molecule has 0 spiro atoms. The van der Waals surface area contributed by atoms with E-state index in [9.17, 15) is 0 Å². The van der Waals surface area contributed by atoms with Crippen LogP contribution in [0.3, 0.4) is 0 Å². The van der Waals surface area contributed by atoms with Gasteiger partial charge in [-0.1, -0.05) is 29.4 Å². The lowest BCUT2D eigenvalue weighted by atomic mass is 9.95. The highest BCUT2D eigenvalue weighted by Gasteiger charge is 2.64. The van der Waals surface area contributed by atoms with Crippen LogP contribution in [-0.2, 0) is 10.4 Å². The van der Waals surface area contributed by atoms with E-state index in [1.165, 1.54) is 0 Å². The molecule has 1 saturated carbocycles. The molecular weight excluding hydrogens is 326 g/mol. The lowest BCUT2D eigenvalue weighted by molar-refractivity contribution is 0.121. The molecule has 2 aliphatic rings. The van der Waals surface area contributed by atoms with Crippen LogP contribution >= 0.6 is 0 Å². The van der Waals surface area contributed by atoms with Gasteiger partial charge in [0.1, 0.15) is 18.0 Å². The maximum absolute atomic E-state index is 9.02. The molecule has 0 saturated heterocycles. The normalized spacial score (nSPS) is 24.4. The predicted octanol–water partition coefficient (Wildman–Crippen LogP) is 3.15. The summed E-state index contributed by atoms with van der Waals surface area (Å²) in [4.78, 5) is 7.67. The standard InChI is InChI=1S/C21H21N3O2/c1-24(2)11-12-25-23-20-17-5-3-4-6-19(17)26-21(13-18(20)21)16-9-7-15(14-22)8-10-16/h3-10,18H,11-13H2,1-2H3. The minimum Gasteiger partial charge on any atom is -0.481 e. The zero-order chi connectivity index (χ0) is 18.1. The van der Waals surface area contributed by atoms with E-state index >= 15 is 0 Å². The molecule has 1 aliphatic heterocycles. The number of rotatable bonds is 5. The van der Waals surface area contributed by atoms with E-state index in [0.717, 1.165) is 35.6 Å². The maximum Gasteiger partial charge on any atom is 0.143 e. The van der Waals surface area contributed by atoms with E-state index in [4.69, 9.17) is 14.8 Å². The molecule has 1 fully saturated rings. The van der Waals surface area contributed by atoms with Crippen molar-refractivity contribution in [1.82, 2.24) is 4.90 Å². The number of para-hydroxylation sites is 1. The first kappa shape index (κ1) is 16.6. The number of nitriles is 1. The topological polar surface area (TPSA) is 57.9 Å². The van der Waals surface area contributed by atoms with E-state index in [2.05, 4.69) is 16.1 Å². The van der Waals surface area contributed by atoms with Crippen molar-refractivity contribution in [2.24, 2.45) is 11.1 Å². The first-order valence-electron chi connectivity index (χ1n) is 8.78. The number of nitrogens with zero attached hydrogens (tertiary/aromatic N) is 3. The summed E-state index contributed by atoms with van der Waals surface area (Å²) in [6.07, 6.45) is 0.865. The fourth-order valence-corrected chi connectivity index (χ4v) is 3.48. The minimum atomic E-state index is -0.397. The first-order chi connectivity index (χ1) is 12.6. The second-order valence-corrected chi connectivity index (χ2v) is 7.05. The number of oxime groups is 1. The molecule has 2 unspecified atom stereocenters. The van der Waals surface area contributed by atoms with Gasteiger partial charge in [0.05, 0.1) is 23.3 Å². The van der Waals surface area contributed by atoms with E-state index in [-0.39, 0.29) is 5.92 Å². The fourth-order valence-electron chi connectivity index (χ4n) is 3.48. The monoisotopic (exact) mass is 347 g/mol. The molecule has 4 rings (SSSR count). The van der Waals surface area contributed by atoms with Gasteiger partial charge >= 0.3 is 0 Å². The lowest BCUT2D eigenvalue weighted by Gasteiger charge is -2.27. The average Bonchev–Trinajstić information content (AvgIpc) is 3.39. The van der Waals surface area contributed by atoms with E-state index in [1.807, 2.05) is 62.6 Å². The Hall–Kier alpha value is -2.84. The second-order valence-electron chi connectivity index (χ2n) is 7.05. The zero-order valence-electron chi connectivity index (χ0n) is 15.0. The molecule has 5 nitrogen and oxygen atoms in total. The van der Waals surface area contributed by atoms with Crippen LogP contribution in [0.1, 0.15) is 23.1 Å². The summed E-state index contributed by atoms with van der Waals surface area (Å²) in [7, 11) is 4.02. The Labute approximate surface area is 153 Å². The van der Waals surface area contributed by atoms with Gasteiger partial charge in [0.15, 0.2) is 0 Å². The Kier molecular flexibility index (Phi) is 4.14. The zero-order valence-corrected chi connectivity index (χ0v) is 15.0. The third kappa shape index (κ3) is 2.83. The largest absolute Gasteiger partial charge is 0.481 e. The molecule has 0 radical (unpaired) electrons. The summed E-state index contributed by atoms with van der Waals surface area (Å²) < 4.78 is 6.40. The van der Waals surface area contributed by atoms with Gasteiger partial charge in [0, 0.05) is 18.5 Å². The van der Waals surface area contributed by atoms with E-state index in [1.54, 1.807) is 0 Å². The highest BCUT2D eigenvalue weighted by Crippen LogP contribution is 2.60. The van der Waals surface area contributed by atoms with Crippen molar-refractivity contribution in [3.63, 3.8) is 0 Å². The molecule has 0 bridgehead atoms. The maximum atomic E-state index is 9.02. The summed E-state index contributed by atoms with van der Waals surface area (Å²) in [5.74, 6) is 1.00. The Bertz CT molecular complexity index is 883. The smallest absolute Gasteiger partial charge is 0.143 e. The van der Waals surface area contributed by atoms with Crippen LogP contribution in [-0.4, -0.2) is 37.9 Å². The van der Waals surface area contributed by atoms with Gasteiger partial charge in [-0.25, -0.2) is 0 Å². The van der Waals surface area contributed by atoms with Crippen LogP contribution in [0, 0.1) is 17.2 Å². The highest BCUT2D eigenvalue weighted by molar-refractivity contribution is 6.08. The van der Waals surface area contributed by atoms with Gasteiger partial charge in [0.25, 0.3) is 0 Å². The number of likely N-dealkylation sites (N-methyl/N-ethyl adjacent to an activating group) is 1. The SMILES string of the molecule is CN(C)CCON=C1c2ccccc2OC2(c3ccc(C#N)cc3)CC12. The molecule has 5 heteroatoms. The van der Waals surface area contributed by atoms with Gasteiger partial charge in [0.2, 0.25) is 0 Å². The molecule has 1 heterocycles. The Morgan fingerprint density at radius 3 is 2.73 bits per heavy atom. The number of ether oxygens (including phenoxy) is 1. The summed E-state index contributed by atoms with van der Waals surface area (Å²) in [5.41, 5.74) is 3.29. The van der Waals surface area contributed by atoms with Crippen LogP contribution in [0.5, 0.6) is 5.75 Å². The van der Waals surface area contributed by atoms with E-state index < -0.39 is 5.60 Å². The summed E-state index contributed by atoms with van der Waals surface area (Å²) >= 11 is 0. The molecule has 0 amide bonds. The van der Waals surface area contributed by atoms with Crippen LogP contribution in [0.25, 0.3) is 0 Å².